The summed E-state index contributed by atoms with van der Waals surface area (Å²) in [4.78, 5) is 2.25. The zero-order chi connectivity index (χ0) is 14.8. The Kier molecular flexibility index (Phi) is 8.26. The van der Waals surface area contributed by atoms with E-state index in [1.165, 1.54) is 11.3 Å². The fourth-order valence-corrected chi connectivity index (χ4v) is 1.98. The van der Waals surface area contributed by atoms with E-state index < -0.39 is 0 Å². The third-order valence-electron chi connectivity index (χ3n) is 3.08. The monoisotopic (exact) mass is 280 g/mol. The molecule has 0 aliphatic carbocycles. The quantitative estimate of drug-likeness (QED) is 0.667. The van der Waals surface area contributed by atoms with Crippen LogP contribution in [0.4, 0.5) is 5.69 Å². The summed E-state index contributed by atoms with van der Waals surface area (Å²) in [6, 6.07) is 8.47. The Bertz CT molecular complexity index is 369. The van der Waals surface area contributed by atoms with Gasteiger partial charge >= 0.3 is 0 Å². The number of nitrogens with zero attached hydrogens (tertiary/aromatic N) is 1. The Hall–Kier alpha value is -1.10. The first-order chi connectivity index (χ1) is 9.65. The molecule has 1 aromatic rings. The minimum Gasteiger partial charge on any atom is -0.383 e. The summed E-state index contributed by atoms with van der Waals surface area (Å²) in [6.07, 6.45) is 0.286. The minimum absolute atomic E-state index is 0.286. The van der Waals surface area contributed by atoms with Crippen LogP contribution < -0.4 is 10.2 Å². The zero-order valence-electron chi connectivity index (χ0n) is 13.2. The van der Waals surface area contributed by atoms with Crippen molar-refractivity contribution in [2.24, 2.45) is 0 Å². The highest BCUT2D eigenvalue weighted by atomic mass is 16.5. The number of ether oxygens (including phenoxy) is 2. The van der Waals surface area contributed by atoms with Gasteiger partial charge in [-0.2, -0.15) is 0 Å². The highest BCUT2D eigenvalue weighted by Crippen LogP contribution is 2.18. The number of anilines is 1. The van der Waals surface area contributed by atoms with E-state index in [9.17, 15) is 0 Å². The van der Waals surface area contributed by atoms with Crippen LogP contribution in [0.25, 0.3) is 0 Å². The van der Waals surface area contributed by atoms with E-state index in [0.717, 1.165) is 32.8 Å². The second kappa shape index (κ2) is 9.75. The summed E-state index contributed by atoms with van der Waals surface area (Å²) in [5.41, 5.74) is 2.56. The molecule has 0 aliphatic heterocycles. The Morgan fingerprint density at radius 2 is 1.95 bits per heavy atom. The smallest absolute Gasteiger partial charge is 0.0644 e. The Labute approximate surface area is 123 Å². The third kappa shape index (κ3) is 6.37. The van der Waals surface area contributed by atoms with Gasteiger partial charge in [-0.05, 0) is 25.5 Å². The zero-order valence-corrected chi connectivity index (χ0v) is 13.2. The van der Waals surface area contributed by atoms with Gasteiger partial charge in [-0.15, -0.1) is 0 Å². The summed E-state index contributed by atoms with van der Waals surface area (Å²) in [5.74, 6) is 0. The van der Waals surface area contributed by atoms with Crippen LogP contribution in [0.15, 0.2) is 24.3 Å². The molecule has 0 fully saturated rings. The molecule has 1 rings (SSSR count). The number of likely N-dealkylation sites (N-methyl/N-ethyl adjacent to an activating group) is 1. The van der Waals surface area contributed by atoms with E-state index in [0.29, 0.717) is 0 Å². The highest BCUT2D eigenvalue weighted by Gasteiger charge is 2.06. The number of para-hydroxylation sites is 1. The van der Waals surface area contributed by atoms with E-state index in [1.54, 1.807) is 7.11 Å². The molecule has 0 saturated carbocycles. The van der Waals surface area contributed by atoms with E-state index in [1.807, 2.05) is 0 Å². The van der Waals surface area contributed by atoms with Crippen molar-refractivity contribution in [1.82, 2.24) is 5.32 Å². The lowest BCUT2D eigenvalue weighted by Gasteiger charge is -2.23. The van der Waals surface area contributed by atoms with Crippen molar-refractivity contribution in [1.29, 1.82) is 0 Å². The summed E-state index contributed by atoms with van der Waals surface area (Å²) >= 11 is 0. The van der Waals surface area contributed by atoms with Gasteiger partial charge in [-0.25, -0.2) is 0 Å². The van der Waals surface area contributed by atoms with Crippen LogP contribution in [0.1, 0.15) is 19.4 Å². The maximum Gasteiger partial charge on any atom is 0.0644 e. The SMILES string of the molecule is COCCNCc1ccccc1N(C)CCOC(C)C. The first-order valence-electron chi connectivity index (χ1n) is 7.25. The van der Waals surface area contributed by atoms with Crippen molar-refractivity contribution in [2.45, 2.75) is 26.5 Å². The standard InChI is InChI=1S/C16H28N2O2/c1-14(2)20-12-10-18(3)16-8-6-5-7-15(16)13-17-9-11-19-4/h5-8,14,17H,9-13H2,1-4H3. The summed E-state index contributed by atoms with van der Waals surface area (Å²) < 4.78 is 10.7. The molecule has 0 amide bonds. The van der Waals surface area contributed by atoms with Gasteiger partial charge in [0.1, 0.15) is 0 Å². The first kappa shape index (κ1) is 17.0. The molecule has 0 aliphatic rings. The number of benzene rings is 1. The average molecular weight is 280 g/mol. The largest absolute Gasteiger partial charge is 0.383 e. The molecule has 4 heteroatoms. The highest BCUT2D eigenvalue weighted by molar-refractivity contribution is 5.53. The van der Waals surface area contributed by atoms with Crippen molar-refractivity contribution in [3.05, 3.63) is 29.8 Å². The lowest BCUT2D eigenvalue weighted by atomic mass is 10.1. The van der Waals surface area contributed by atoms with Crippen molar-refractivity contribution in [2.75, 3.05) is 45.4 Å². The molecule has 0 spiro atoms. The van der Waals surface area contributed by atoms with Crippen LogP contribution in [-0.2, 0) is 16.0 Å². The predicted octanol–water partition coefficient (Wildman–Crippen LogP) is 2.28. The summed E-state index contributed by atoms with van der Waals surface area (Å²) in [5, 5.41) is 3.39. The number of rotatable bonds is 10. The minimum atomic E-state index is 0.286. The number of nitrogens with one attached hydrogen (secondary N) is 1. The molecular formula is C16H28N2O2. The molecule has 0 unspecified atom stereocenters. The fraction of sp³-hybridized carbons (Fsp3) is 0.625. The molecule has 1 aromatic carbocycles. The van der Waals surface area contributed by atoms with Crippen molar-refractivity contribution < 1.29 is 9.47 Å². The summed E-state index contributed by atoms with van der Waals surface area (Å²) in [6.45, 7) is 8.23. The number of hydrogen-bond donors (Lipinski definition) is 1. The van der Waals surface area contributed by atoms with Gasteiger partial charge < -0.3 is 19.7 Å². The second-order valence-electron chi connectivity index (χ2n) is 5.14. The van der Waals surface area contributed by atoms with Gasteiger partial charge in [0.25, 0.3) is 0 Å². The van der Waals surface area contributed by atoms with Crippen LogP contribution in [0.5, 0.6) is 0 Å². The predicted molar refractivity (Wildman–Crippen MR) is 84.4 cm³/mol. The second-order valence-corrected chi connectivity index (χ2v) is 5.14. The third-order valence-corrected chi connectivity index (χ3v) is 3.08. The fourth-order valence-electron chi connectivity index (χ4n) is 1.98. The summed E-state index contributed by atoms with van der Waals surface area (Å²) in [7, 11) is 3.83. The van der Waals surface area contributed by atoms with Gasteiger partial charge in [-0.1, -0.05) is 18.2 Å². The molecule has 0 radical (unpaired) electrons. The van der Waals surface area contributed by atoms with Crippen LogP contribution in [0.3, 0.4) is 0 Å². The van der Waals surface area contributed by atoms with Gasteiger partial charge in [0.15, 0.2) is 0 Å². The Balaban J connectivity index is 2.50. The van der Waals surface area contributed by atoms with E-state index >= 15 is 0 Å². The van der Waals surface area contributed by atoms with Crippen LogP contribution in [-0.4, -0.2) is 46.6 Å². The molecule has 0 bridgehead atoms. The molecular weight excluding hydrogens is 252 g/mol. The van der Waals surface area contributed by atoms with Crippen LogP contribution in [0.2, 0.25) is 0 Å². The molecule has 20 heavy (non-hydrogen) atoms. The molecule has 114 valence electrons. The Morgan fingerprint density at radius 1 is 1.20 bits per heavy atom. The molecule has 0 heterocycles. The molecule has 0 saturated heterocycles. The molecule has 4 nitrogen and oxygen atoms in total. The van der Waals surface area contributed by atoms with Crippen LogP contribution >= 0.6 is 0 Å². The van der Waals surface area contributed by atoms with Crippen molar-refractivity contribution >= 4 is 5.69 Å². The molecule has 0 aromatic heterocycles. The van der Waals surface area contributed by atoms with Gasteiger partial charge in [-0.3, -0.25) is 0 Å². The molecule has 1 N–H and O–H groups in total. The van der Waals surface area contributed by atoms with Gasteiger partial charge in [0.2, 0.25) is 0 Å². The topological polar surface area (TPSA) is 33.7 Å². The van der Waals surface area contributed by atoms with E-state index in [-0.39, 0.29) is 6.10 Å². The van der Waals surface area contributed by atoms with Crippen molar-refractivity contribution in [3.63, 3.8) is 0 Å². The normalized spacial score (nSPS) is 11.1. The van der Waals surface area contributed by atoms with Gasteiger partial charge in [0.05, 0.1) is 19.3 Å². The van der Waals surface area contributed by atoms with Gasteiger partial charge in [0, 0.05) is 39.5 Å². The maximum absolute atomic E-state index is 5.61. The number of methoxy groups -OCH3 is 1. The lowest BCUT2D eigenvalue weighted by molar-refractivity contribution is 0.0846. The maximum atomic E-state index is 5.61. The first-order valence-corrected chi connectivity index (χ1v) is 7.25. The van der Waals surface area contributed by atoms with Crippen LogP contribution in [0, 0.1) is 0 Å². The van der Waals surface area contributed by atoms with Crippen molar-refractivity contribution in [3.8, 4) is 0 Å². The van der Waals surface area contributed by atoms with E-state index in [2.05, 4.69) is 55.4 Å². The molecule has 0 atom stereocenters. The van der Waals surface area contributed by atoms with E-state index in [4.69, 9.17) is 9.47 Å². The number of hydrogen-bond acceptors (Lipinski definition) is 4. The Morgan fingerprint density at radius 3 is 2.65 bits per heavy atom. The average Bonchev–Trinajstić information content (AvgIpc) is 2.43. The lowest BCUT2D eigenvalue weighted by Crippen LogP contribution is -2.26.